The van der Waals surface area contributed by atoms with Crippen molar-refractivity contribution in [2.75, 3.05) is 20.5 Å². The van der Waals surface area contributed by atoms with Crippen LogP contribution in [0.1, 0.15) is 5.56 Å². The van der Waals surface area contributed by atoms with Gasteiger partial charge in [0.1, 0.15) is 16.4 Å². The third-order valence-corrected chi connectivity index (χ3v) is 5.42. The molecule has 150 valence electrons. The number of ether oxygens (including phenoxy) is 2. The van der Waals surface area contributed by atoms with Crippen molar-refractivity contribution < 1.29 is 23.8 Å². The summed E-state index contributed by atoms with van der Waals surface area (Å²) in [6.07, 6.45) is 3.55. The Hall–Kier alpha value is -2.91. The van der Waals surface area contributed by atoms with E-state index in [1.54, 1.807) is 50.3 Å². The number of nitrogens with zero attached hydrogens (tertiary/aromatic N) is 2. The van der Waals surface area contributed by atoms with E-state index < -0.39 is 5.97 Å². The molecular formula is C20H18N2O5S2. The molecule has 2 aromatic carbocycles. The van der Waals surface area contributed by atoms with Gasteiger partial charge in [0, 0.05) is 16.5 Å². The molecule has 0 spiro atoms. The summed E-state index contributed by atoms with van der Waals surface area (Å²) in [4.78, 5) is 12.8. The fraction of sp³-hybridized carbons (Fsp3) is 0.150. The molecule has 3 rings (SSSR count). The van der Waals surface area contributed by atoms with E-state index in [-0.39, 0.29) is 16.0 Å². The Balaban J connectivity index is 1.85. The lowest BCUT2D eigenvalue weighted by molar-refractivity contribution is -0.131. The number of aromatic nitrogens is 2. The molecule has 0 bridgehead atoms. The smallest absolute Gasteiger partial charge is 0.342 e. The number of methoxy groups -OCH3 is 2. The van der Waals surface area contributed by atoms with E-state index in [1.807, 2.05) is 30.5 Å². The van der Waals surface area contributed by atoms with Crippen LogP contribution in [0.25, 0.3) is 17.5 Å². The molecule has 0 saturated carbocycles. The molecule has 3 aromatic rings. The number of hydrogen-bond acceptors (Lipinski definition) is 8. The van der Waals surface area contributed by atoms with Crippen molar-refractivity contribution in [3.05, 3.63) is 52.9 Å². The first kappa shape index (κ1) is 20.8. The second-order valence-electron chi connectivity index (χ2n) is 5.66. The first-order chi connectivity index (χ1) is 14.0. The number of benzene rings is 2. The second kappa shape index (κ2) is 9.53. The predicted octanol–water partition coefficient (Wildman–Crippen LogP) is 4.69. The number of carboxylic acid groups (broad SMARTS) is 1. The Bertz CT molecular complexity index is 1010. The van der Waals surface area contributed by atoms with E-state index in [2.05, 4.69) is 10.2 Å². The summed E-state index contributed by atoms with van der Waals surface area (Å²) in [5.74, 6) is 0.309. The molecule has 1 aromatic heterocycles. The summed E-state index contributed by atoms with van der Waals surface area (Å²) in [5, 5.41) is 17.6. The second-order valence-corrected chi connectivity index (χ2v) is 7.54. The lowest BCUT2D eigenvalue weighted by atomic mass is 10.2. The number of carbonyl (C=O) groups is 1. The lowest BCUT2D eigenvalue weighted by Crippen LogP contribution is -1.96. The maximum atomic E-state index is 11.7. The normalized spacial score (nSPS) is 11.3. The van der Waals surface area contributed by atoms with Crippen LogP contribution in [0.5, 0.6) is 11.5 Å². The standard InChI is InChI=1S/C20H18N2O5S2/c1-25-14-9-13(10-15(11-14)26-2)18-21-22-20(27-18)29-17(19(23)24)8-12-4-6-16(28-3)7-5-12/h4-11H,1-3H3,(H,23,24)/b17-8-. The Morgan fingerprint density at radius 3 is 2.28 bits per heavy atom. The van der Waals surface area contributed by atoms with Crippen LogP contribution >= 0.6 is 23.5 Å². The number of aliphatic carboxylic acids is 1. The van der Waals surface area contributed by atoms with E-state index in [4.69, 9.17) is 13.9 Å². The molecule has 0 aliphatic carbocycles. The first-order valence-corrected chi connectivity index (χ1v) is 10.4. The molecule has 1 heterocycles. The van der Waals surface area contributed by atoms with Gasteiger partial charge in [-0.15, -0.1) is 22.0 Å². The molecule has 1 N–H and O–H groups in total. The number of rotatable bonds is 8. The van der Waals surface area contributed by atoms with Gasteiger partial charge in [0.25, 0.3) is 5.22 Å². The van der Waals surface area contributed by atoms with Crippen LogP contribution in [0.15, 0.2) is 61.9 Å². The van der Waals surface area contributed by atoms with Gasteiger partial charge in [0.15, 0.2) is 0 Å². The molecule has 0 unspecified atom stereocenters. The molecule has 0 radical (unpaired) electrons. The fourth-order valence-corrected chi connectivity index (χ4v) is 3.46. The van der Waals surface area contributed by atoms with Crippen LogP contribution < -0.4 is 9.47 Å². The van der Waals surface area contributed by atoms with Crippen molar-refractivity contribution in [3.8, 4) is 23.0 Å². The molecule has 0 aliphatic heterocycles. The lowest BCUT2D eigenvalue weighted by Gasteiger charge is -2.05. The van der Waals surface area contributed by atoms with E-state index in [0.717, 1.165) is 22.2 Å². The van der Waals surface area contributed by atoms with Gasteiger partial charge in [-0.2, -0.15) is 0 Å². The molecule has 0 fully saturated rings. The third kappa shape index (κ3) is 5.33. The van der Waals surface area contributed by atoms with Gasteiger partial charge in [-0.3, -0.25) is 0 Å². The van der Waals surface area contributed by atoms with Crippen LogP contribution in [0, 0.1) is 0 Å². The van der Waals surface area contributed by atoms with Gasteiger partial charge >= 0.3 is 5.97 Å². The zero-order valence-corrected chi connectivity index (χ0v) is 17.5. The summed E-state index contributed by atoms with van der Waals surface area (Å²) in [6, 6.07) is 12.8. The Labute approximate surface area is 176 Å². The highest BCUT2D eigenvalue weighted by molar-refractivity contribution is 8.03. The summed E-state index contributed by atoms with van der Waals surface area (Å²) in [5.41, 5.74) is 1.37. The predicted molar refractivity (Wildman–Crippen MR) is 113 cm³/mol. The summed E-state index contributed by atoms with van der Waals surface area (Å²) in [6.45, 7) is 0. The highest BCUT2D eigenvalue weighted by Gasteiger charge is 2.17. The first-order valence-electron chi connectivity index (χ1n) is 8.36. The van der Waals surface area contributed by atoms with Crippen molar-refractivity contribution in [2.24, 2.45) is 0 Å². The number of carboxylic acids is 1. The topological polar surface area (TPSA) is 94.7 Å². The molecule has 7 nitrogen and oxygen atoms in total. The van der Waals surface area contributed by atoms with Crippen molar-refractivity contribution in [1.29, 1.82) is 0 Å². The maximum absolute atomic E-state index is 11.7. The number of thioether (sulfide) groups is 2. The van der Waals surface area contributed by atoms with Gasteiger partial charge in [0.05, 0.1) is 14.2 Å². The zero-order valence-electron chi connectivity index (χ0n) is 15.9. The minimum atomic E-state index is -1.08. The van der Waals surface area contributed by atoms with Gasteiger partial charge < -0.3 is 19.0 Å². The van der Waals surface area contributed by atoms with E-state index in [9.17, 15) is 9.90 Å². The van der Waals surface area contributed by atoms with Gasteiger partial charge in [0.2, 0.25) is 5.89 Å². The van der Waals surface area contributed by atoms with E-state index >= 15 is 0 Å². The van der Waals surface area contributed by atoms with Crippen LogP contribution in [0.3, 0.4) is 0 Å². The largest absolute Gasteiger partial charge is 0.497 e. The van der Waals surface area contributed by atoms with Crippen molar-refractivity contribution in [2.45, 2.75) is 10.1 Å². The summed E-state index contributed by atoms with van der Waals surface area (Å²) >= 11 is 2.51. The summed E-state index contributed by atoms with van der Waals surface area (Å²) < 4.78 is 16.1. The van der Waals surface area contributed by atoms with Crippen LogP contribution in [-0.2, 0) is 4.79 Å². The van der Waals surface area contributed by atoms with Crippen molar-refractivity contribution in [3.63, 3.8) is 0 Å². The Kier molecular flexibility index (Phi) is 6.84. The molecular weight excluding hydrogens is 412 g/mol. The SMILES string of the molecule is COc1cc(OC)cc(-c2nnc(S/C(=C\c3ccc(SC)cc3)C(=O)O)o2)c1. The van der Waals surface area contributed by atoms with Crippen LogP contribution in [-0.4, -0.2) is 41.7 Å². The number of hydrogen-bond donors (Lipinski definition) is 1. The quantitative estimate of drug-likeness (QED) is 0.403. The molecule has 9 heteroatoms. The summed E-state index contributed by atoms with van der Waals surface area (Å²) in [7, 11) is 3.09. The monoisotopic (exact) mass is 430 g/mol. The van der Waals surface area contributed by atoms with Gasteiger partial charge in [-0.1, -0.05) is 12.1 Å². The minimum absolute atomic E-state index is 0.0697. The molecule has 29 heavy (non-hydrogen) atoms. The molecule has 0 atom stereocenters. The molecule has 0 aliphatic rings. The highest BCUT2D eigenvalue weighted by atomic mass is 32.2. The molecule has 0 saturated heterocycles. The van der Waals surface area contributed by atoms with E-state index in [1.165, 1.54) is 0 Å². The fourth-order valence-electron chi connectivity index (χ4n) is 2.38. The van der Waals surface area contributed by atoms with Crippen LogP contribution in [0.4, 0.5) is 0 Å². The van der Waals surface area contributed by atoms with Gasteiger partial charge in [-0.25, -0.2) is 4.79 Å². The van der Waals surface area contributed by atoms with E-state index in [0.29, 0.717) is 17.1 Å². The zero-order chi connectivity index (χ0) is 20.8. The third-order valence-electron chi connectivity index (χ3n) is 3.83. The maximum Gasteiger partial charge on any atom is 0.342 e. The Morgan fingerprint density at radius 1 is 1.07 bits per heavy atom. The van der Waals surface area contributed by atoms with Crippen molar-refractivity contribution in [1.82, 2.24) is 10.2 Å². The van der Waals surface area contributed by atoms with Crippen LogP contribution in [0.2, 0.25) is 0 Å². The minimum Gasteiger partial charge on any atom is -0.497 e. The molecule has 0 amide bonds. The highest BCUT2D eigenvalue weighted by Crippen LogP contribution is 2.33. The Morgan fingerprint density at radius 2 is 1.72 bits per heavy atom. The average Bonchev–Trinajstić information content (AvgIpc) is 3.22. The van der Waals surface area contributed by atoms with Crippen molar-refractivity contribution >= 4 is 35.6 Å². The van der Waals surface area contributed by atoms with Gasteiger partial charge in [-0.05, 0) is 53.9 Å². The average molecular weight is 431 g/mol.